The van der Waals surface area contributed by atoms with E-state index in [1.807, 2.05) is 6.07 Å². The third-order valence-corrected chi connectivity index (χ3v) is 4.42. The third-order valence-electron chi connectivity index (χ3n) is 4.42. The molecule has 1 aromatic carbocycles. The number of carbonyl (C=O) groups excluding carboxylic acids is 1. The molecule has 0 radical (unpaired) electrons. The van der Waals surface area contributed by atoms with E-state index in [4.69, 9.17) is 0 Å². The smallest absolute Gasteiger partial charge is 0.237 e. The molecule has 2 atom stereocenters. The van der Waals surface area contributed by atoms with Crippen LogP contribution in [0.1, 0.15) is 30.9 Å². The Bertz CT molecular complexity index is 468. The SMILES string of the molecule is CC(CNC(=O)[C@@H]1Cc2ccccc2CN1)C1CC1. The van der Waals surface area contributed by atoms with Crippen LogP contribution in [0.2, 0.25) is 0 Å². The zero-order valence-electron chi connectivity index (χ0n) is 11.5. The van der Waals surface area contributed by atoms with Crippen LogP contribution in [-0.2, 0) is 17.8 Å². The summed E-state index contributed by atoms with van der Waals surface area (Å²) in [5.74, 6) is 1.63. The molecule has 2 aliphatic rings. The van der Waals surface area contributed by atoms with E-state index in [0.29, 0.717) is 5.92 Å². The molecule has 102 valence electrons. The molecule has 0 bridgehead atoms. The van der Waals surface area contributed by atoms with Crippen molar-refractivity contribution in [1.29, 1.82) is 0 Å². The molecule has 3 heteroatoms. The minimum atomic E-state index is -0.0682. The fourth-order valence-electron chi connectivity index (χ4n) is 2.86. The van der Waals surface area contributed by atoms with Gasteiger partial charge in [0.2, 0.25) is 5.91 Å². The van der Waals surface area contributed by atoms with Gasteiger partial charge in [0, 0.05) is 13.1 Å². The Kier molecular flexibility index (Phi) is 3.56. The zero-order valence-corrected chi connectivity index (χ0v) is 11.5. The van der Waals surface area contributed by atoms with Crippen LogP contribution in [0.4, 0.5) is 0 Å². The number of amides is 1. The number of nitrogens with one attached hydrogen (secondary N) is 2. The van der Waals surface area contributed by atoms with Crippen LogP contribution in [0.3, 0.4) is 0 Å². The molecule has 1 heterocycles. The fraction of sp³-hybridized carbons (Fsp3) is 0.562. The predicted molar refractivity (Wildman–Crippen MR) is 75.7 cm³/mol. The molecule has 0 spiro atoms. The number of rotatable bonds is 4. The molecule has 1 aromatic rings. The second-order valence-electron chi connectivity index (χ2n) is 5.97. The molecule has 19 heavy (non-hydrogen) atoms. The maximum absolute atomic E-state index is 12.2. The summed E-state index contributed by atoms with van der Waals surface area (Å²) in [6, 6.07) is 8.29. The van der Waals surface area contributed by atoms with Gasteiger partial charge in [-0.2, -0.15) is 0 Å². The van der Waals surface area contributed by atoms with Gasteiger partial charge in [0.25, 0.3) is 0 Å². The van der Waals surface area contributed by atoms with Gasteiger partial charge in [0.05, 0.1) is 6.04 Å². The predicted octanol–water partition coefficient (Wildman–Crippen LogP) is 1.86. The van der Waals surface area contributed by atoms with Crippen LogP contribution in [0.5, 0.6) is 0 Å². The topological polar surface area (TPSA) is 41.1 Å². The number of fused-ring (bicyclic) bond motifs is 1. The van der Waals surface area contributed by atoms with Gasteiger partial charge in [-0.15, -0.1) is 0 Å². The highest BCUT2D eigenvalue weighted by Gasteiger charge is 2.29. The maximum Gasteiger partial charge on any atom is 0.237 e. The Labute approximate surface area is 114 Å². The molecule has 0 aromatic heterocycles. The van der Waals surface area contributed by atoms with Crippen LogP contribution in [0.15, 0.2) is 24.3 Å². The molecule has 1 aliphatic heterocycles. The minimum Gasteiger partial charge on any atom is -0.354 e. The summed E-state index contributed by atoms with van der Waals surface area (Å²) in [5.41, 5.74) is 2.62. The van der Waals surface area contributed by atoms with Gasteiger partial charge in [0.1, 0.15) is 0 Å². The Morgan fingerprint density at radius 3 is 2.84 bits per heavy atom. The van der Waals surface area contributed by atoms with E-state index in [9.17, 15) is 4.79 Å². The van der Waals surface area contributed by atoms with Gasteiger partial charge in [0.15, 0.2) is 0 Å². The lowest BCUT2D eigenvalue weighted by Crippen LogP contribution is -2.48. The summed E-state index contributed by atoms with van der Waals surface area (Å²) in [4.78, 5) is 12.2. The molecule has 0 saturated heterocycles. The Hall–Kier alpha value is -1.35. The molecular weight excluding hydrogens is 236 g/mol. The summed E-state index contributed by atoms with van der Waals surface area (Å²) in [6.07, 6.45) is 3.48. The summed E-state index contributed by atoms with van der Waals surface area (Å²) in [7, 11) is 0. The Morgan fingerprint density at radius 1 is 1.37 bits per heavy atom. The van der Waals surface area contributed by atoms with Crippen LogP contribution < -0.4 is 10.6 Å². The summed E-state index contributed by atoms with van der Waals surface area (Å²) in [5, 5.41) is 6.43. The molecule has 2 N–H and O–H groups in total. The molecule has 1 aliphatic carbocycles. The minimum absolute atomic E-state index is 0.0682. The second kappa shape index (κ2) is 5.33. The summed E-state index contributed by atoms with van der Waals surface area (Å²) >= 11 is 0. The van der Waals surface area contributed by atoms with Gasteiger partial charge in [-0.3, -0.25) is 4.79 Å². The van der Waals surface area contributed by atoms with Gasteiger partial charge in [-0.25, -0.2) is 0 Å². The normalized spacial score (nSPS) is 23.5. The van der Waals surface area contributed by atoms with Crippen LogP contribution >= 0.6 is 0 Å². The molecule has 1 unspecified atom stereocenters. The average Bonchev–Trinajstić information content (AvgIpc) is 3.28. The standard InChI is InChI=1S/C16H22N2O/c1-11(12-6-7-12)9-18-16(19)15-8-13-4-2-3-5-14(13)10-17-15/h2-5,11-12,15,17H,6-10H2,1H3,(H,18,19)/t11?,15-/m0/s1. The van der Waals surface area contributed by atoms with Crippen molar-refractivity contribution in [1.82, 2.24) is 10.6 Å². The van der Waals surface area contributed by atoms with E-state index in [1.165, 1.54) is 24.0 Å². The highest BCUT2D eigenvalue weighted by molar-refractivity contribution is 5.82. The number of hydrogen-bond acceptors (Lipinski definition) is 2. The van der Waals surface area contributed by atoms with E-state index < -0.39 is 0 Å². The molecule has 1 fully saturated rings. The van der Waals surface area contributed by atoms with Crippen molar-refractivity contribution >= 4 is 5.91 Å². The molecule has 1 saturated carbocycles. The Balaban J connectivity index is 1.53. The fourth-order valence-corrected chi connectivity index (χ4v) is 2.86. The lowest BCUT2D eigenvalue weighted by atomic mass is 9.95. The first-order valence-corrected chi connectivity index (χ1v) is 7.32. The quantitative estimate of drug-likeness (QED) is 0.865. The van der Waals surface area contributed by atoms with Crippen LogP contribution in [0.25, 0.3) is 0 Å². The third kappa shape index (κ3) is 2.98. The van der Waals surface area contributed by atoms with Crippen LogP contribution in [-0.4, -0.2) is 18.5 Å². The largest absolute Gasteiger partial charge is 0.354 e. The lowest BCUT2D eigenvalue weighted by Gasteiger charge is -2.25. The second-order valence-corrected chi connectivity index (χ2v) is 5.97. The van der Waals surface area contributed by atoms with Crippen LogP contribution in [0, 0.1) is 11.8 Å². The van der Waals surface area contributed by atoms with Crippen molar-refractivity contribution in [2.24, 2.45) is 11.8 Å². The van der Waals surface area contributed by atoms with Gasteiger partial charge >= 0.3 is 0 Å². The average molecular weight is 258 g/mol. The summed E-state index contributed by atoms with van der Waals surface area (Å²) < 4.78 is 0. The van der Waals surface area contributed by atoms with Crippen molar-refractivity contribution in [3.8, 4) is 0 Å². The van der Waals surface area contributed by atoms with Gasteiger partial charge in [-0.05, 0) is 42.2 Å². The highest BCUT2D eigenvalue weighted by atomic mass is 16.2. The monoisotopic (exact) mass is 258 g/mol. The summed E-state index contributed by atoms with van der Waals surface area (Å²) in [6.45, 7) is 3.86. The highest BCUT2D eigenvalue weighted by Crippen LogP contribution is 2.36. The maximum atomic E-state index is 12.2. The number of carbonyl (C=O) groups is 1. The van der Waals surface area contributed by atoms with Gasteiger partial charge < -0.3 is 10.6 Å². The molecular formula is C16H22N2O. The van der Waals surface area contributed by atoms with E-state index in [-0.39, 0.29) is 11.9 Å². The first-order valence-electron chi connectivity index (χ1n) is 7.32. The number of benzene rings is 1. The molecule has 3 nitrogen and oxygen atoms in total. The molecule has 3 rings (SSSR count). The van der Waals surface area contributed by atoms with E-state index in [1.54, 1.807) is 0 Å². The van der Waals surface area contributed by atoms with Gasteiger partial charge in [-0.1, -0.05) is 31.2 Å². The zero-order chi connectivity index (χ0) is 13.2. The van der Waals surface area contributed by atoms with Crippen molar-refractivity contribution in [2.75, 3.05) is 6.54 Å². The van der Waals surface area contributed by atoms with Crippen molar-refractivity contribution in [3.63, 3.8) is 0 Å². The van der Waals surface area contributed by atoms with Crippen molar-refractivity contribution < 1.29 is 4.79 Å². The van der Waals surface area contributed by atoms with Crippen molar-refractivity contribution in [2.45, 2.75) is 38.8 Å². The first kappa shape index (κ1) is 12.7. The Morgan fingerprint density at radius 2 is 2.11 bits per heavy atom. The number of hydrogen-bond donors (Lipinski definition) is 2. The first-order chi connectivity index (χ1) is 9.24. The van der Waals surface area contributed by atoms with E-state index in [2.05, 4.69) is 35.8 Å². The van der Waals surface area contributed by atoms with Crippen molar-refractivity contribution in [3.05, 3.63) is 35.4 Å². The molecule has 1 amide bonds. The van der Waals surface area contributed by atoms with E-state index >= 15 is 0 Å². The van der Waals surface area contributed by atoms with E-state index in [0.717, 1.165) is 25.4 Å². The lowest BCUT2D eigenvalue weighted by molar-refractivity contribution is -0.123.